The molecule has 4 N–H and O–H groups in total. The Kier molecular flexibility index (Phi) is 14.4. The molecule has 0 heterocycles. The van der Waals surface area contributed by atoms with E-state index in [4.69, 9.17) is 14.2 Å². The van der Waals surface area contributed by atoms with Crippen LogP contribution in [0.25, 0.3) is 0 Å². The molecular weight excluding hydrogens is 444 g/mol. The Balaban J connectivity index is 2.49. The summed E-state index contributed by atoms with van der Waals surface area (Å²) in [5, 5.41) is 10.0. The highest BCUT2D eigenvalue weighted by atomic mass is 16.5. The van der Waals surface area contributed by atoms with Gasteiger partial charge in [-0.25, -0.2) is 4.79 Å². The monoisotopic (exact) mass is 476 g/mol. The van der Waals surface area contributed by atoms with Crippen LogP contribution in [-0.4, -0.2) is 56.3 Å². The molecule has 11 heteroatoms. The highest BCUT2D eigenvalue weighted by Crippen LogP contribution is 2.01. The van der Waals surface area contributed by atoms with E-state index < -0.39 is 30.5 Å². The minimum Gasteiger partial charge on any atom is -0.502 e. The van der Waals surface area contributed by atoms with Crippen LogP contribution >= 0.6 is 0 Å². The van der Waals surface area contributed by atoms with Gasteiger partial charge in [0, 0.05) is 13.0 Å². The first kappa shape index (κ1) is 28.0. The molecule has 0 bridgehead atoms. The Hall–Kier alpha value is -4.02. The normalized spacial score (nSPS) is 10.7. The molecule has 0 saturated heterocycles. The summed E-state index contributed by atoms with van der Waals surface area (Å²) in [6.07, 6.45) is 2.25. The van der Waals surface area contributed by atoms with Gasteiger partial charge in [0.05, 0.1) is 19.1 Å². The molecule has 1 unspecified atom stereocenters. The van der Waals surface area contributed by atoms with Gasteiger partial charge in [-0.2, -0.15) is 0 Å². The minimum absolute atomic E-state index is 0.0367. The molecule has 0 aliphatic heterocycles. The first-order chi connectivity index (χ1) is 16.5. The molecule has 0 aliphatic carbocycles. The fourth-order valence-corrected chi connectivity index (χ4v) is 2.56. The van der Waals surface area contributed by atoms with Gasteiger partial charge in [0.1, 0.15) is 19.2 Å². The molecule has 0 radical (unpaired) electrons. The highest BCUT2D eigenvalue weighted by molar-refractivity contribution is 5.89. The van der Waals surface area contributed by atoms with Gasteiger partial charge in [-0.3, -0.25) is 14.4 Å². The number of alkyl carbamates (subject to hydrolysis) is 1. The van der Waals surface area contributed by atoms with Crippen LogP contribution in [0, 0.1) is 0 Å². The summed E-state index contributed by atoms with van der Waals surface area (Å²) in [6.45, 7) is 7.08. The van der Waals surface area contributed by atoms with Crippen molar-refractivity contribution in [2.24, 2.45) is 0 Å². The van der Waals surface area contributed by atoms with Crippen LogP contribution in [0.15, 0.2) is 56.0 Å². The Bertz CT molecular complexity index is 802. The molecule has 0 spiro atoms. The fourth-order valence-electron chi connectivity index (χ4n) is 2.56. The van der Waals surface area contributed by atoms with Gasteiger partial charge in [0.15, 0.2) is 6.73 Å². The number of rotatable bonds is 17. The van der Waals surface area contributed by atoms with Crippen molar-refractivity contribution < 1.29 is 33.4 Å². The van der Waals surface area contributed by atoms with Crippen molar-refractivity contribution in [1.29, 1.82) is 0 Å². The smallest absolute Gasteiger partial charge is 0.407 e. The highest BCUT2D eigenvalue weighted by Gasteiger charge is 2.22. The summed E-state index contributed by atoms with van der Waals surface area (Å²) >= 11 is 0. The summed E-state index contributed by atoms with van der Waals surface area (Å²) < 4.78 is 14.9. The lowest BCUT2D eigenvalue weighted by molar-refractivity contribution is -0.129. The number of carbonyl (C=O) groups excluding carboxylic acids is 4. The van der Waals surface area contributed by atoms with Crippen molar-refractivity contribution >= 4 is 23.8 Å². The summed E-state index contributed by atoms with van der Waals surface area (Å²) in [5.74, 6) is -1.44. The molecule has 0 fully saturated rings. The molecule has 11 nitrogen and oxygen atoms in total. The second-order valence-corrected chi connectivity index (χ2v) is 6.83. The molecule has 0 saturated carbocycles. The maximum Gasteiger partial charge on any atom is 0.407 e. The van der Waals surface area contributed by atoms with Crippen molar-refractivity contribution in [3.05, 3.63) is 61.6 Å². The van der Waals surface area contributed by atoms with Crippen LogP contribution in [-0.2, 0) is 35.2 Å². The van der Waals surface area contributed by atoms with E-state index in [0.29, 0.717) is 19.6 Å². The van der Waals surface area contributed by atoms with E-state index in [1.165, 1.54) is 12.5 Å². The zero-order valence-electron chi connectivity index (χ0n) is 19.0. The van der Waals surface area contributed by atoms with E-state index >= 15 is 0 Å². The molecule has 1 atom stereocenters. The first-order valence-electron chi connectivity index (χ1n) is 10.7. The Morgan fingerprint density at radius 2 is 1.68 bits per heavy atom. The number of hydrogen-bond donors (Lipinski definition) is 4. The number of amides is 4. The average molecular weight is 477 g/mol. The van der Waals surface area contributed by atoms with E-state index in [2.05, 4.69) is 34.4 Å². The lowest BCUT2D eigenvalue weighted by atomic mass is 10.1. The van der Waals surface area contributed by atoms with Crippen molar-refractivity contribution in [1.82, 2.24) is 21.3 Å². The molecule has 4 amide bonds. The molecule has 0 aliphatic rings. The van der Waals surface area contributed by atoms with E-state index in [1.807, 2.05) is 18.2 Å². The molecule has 1 rings (SSSR count). The number of benzene rings is 1. The van der Waals surface area contributed by atoms with Crippen molar-refractivity contribution in [3.63, 3.8) is 0 Å². The van der Waals surface area contributed by atoms with Crippen LogP contribution in [0.2, 0.25) is 0 Å². The third-order valence-electron chi connectivity index (χ3n) is 4.24. The summed E-state index contributed by atoms with van der Waals surface area (Å²) in [6, 6.07) is 8.08. The van der Waals surface area contributed by atoms with Gasteiger partial charge in [-0.1, -0.05) is 43.5 Å². The van der Waals surface area contributed by atoms with E-state index in [-0.39, 0.29) is 32.1 Å². The van der Waals surface area contributed by atoms with E-state index in [1.54, 1.807) is 12.1 Å². The third-order valence-corrected chi connectivity index (χ3v) is 4.24. The van der Waals surface area contributed by atoms with Crippen LogP contribution < -0.4 is 21.3 Å². The lowest BCUT2D eigenvalue weighted by Gasteiger charge is -2.18. The van der Waals surface area contributed by atoms with Crippen LogP contribution in [0.1, 0.15) is 24.8 Å². The van der Waals surface area contributed by atoms with Gasteiger partial charge in [-0.05, 0) is 18.4 Å². The van der Waals surface area contributed by atoms with Gasteiger partial charge in [0.25, 0.3) is 0 Å². The molecular formula is C23H32N4O7. The van der Waals surface area contributed by atoms with Crippen molar-refractivity contribution in [3.8, 4) is 0 Å². The molecule has 34 heavy (non-hydrogen) atoms. The fraction of sp³-hybridized carbons (Fsp3) is 0.391. The summed E-state index contributed by atoms with van der Waals surface area (Å²) in [4.78, 5) is 48.5. The second kappa shape index (κ2) is 17.5. The molecule has 186 valence electrons. The van der Waals surface area contributed by atoms with Crippen molar-refractivity contribution in [2.45, 2.75) is 31.9 Å². The zero-order valence-corrected chi connectivity index (χ0v) is 19.0. The second-order valence-electron chi connectivity index (χ2n) is 6.83. The predicted molar refractivity (Wildman–Crippen MR) is 124 cm³/mol. The first-order valence-corrected chi connectivity index (χ1v) is 10.7. The van der Waals surface area contributed by atoms with Crippen molar-refractivity contribution in [2.75, 3.05) is 26.4 Å². The average Bonchev–Trinajstić information content (AvgIpc) is 2.84. The molecule has 0 aromatic heterocycles. The lowest BCUT2D eigenvalue weighted by Crippen LogP contribution is -2.50. The van der Waals surface area contributed by atoms with Crippen LogP contribution in [0.5, 0.6) is 0 Å². The van der Waals surface area contributed by atoms with E-state index in [9.17, 15) is 19.2 Å². The van der Waals surface area contributed by atoms with E-state index in [0.717, 1.165) is 5.56 Å². The van der Waals surface area contributed by atoms with Crippen LogP contribution in [0.4, 0.5) is 4.79 Å². The SMILES string of the molecule is C=COCCCNC(=O)C(CCC(=O)NCOC=C)NC(=O)CNC(=O)OCc1ccccc1. The number of hydrogen-bond acceptors (Lipinski definition) is 7. The Labute approximate surface area is 198 Å². The Morgan fingerprint density at radius 1 is 0.941 bits per heavy atom. The minimum atomic E-state index is -0.985. The van der Waals surface area contributed by atoms with Gasteiger partial charge < -0.3 is 35.5 Å². The number of nitrogens with one attached hydrogen (secondary N) is 4. The quantitative estimate of drug-likeness (QED) is 0.150. The predicted octanol–water partition coefficient (Wildman–Crippen LogP) is 1.08. The molecule has 1 aromatic carbocycles. The number of ether oxygens (including phenoxy) is 3. The van der Waals surface area contributed by atoms with Gasteiger partial charge in [-0.15, -0.1) is 0 Å². The standard InChI is InChI=1S/C23H32N4O7/c1-3-32-14-8-13-24-22(30)19(11-12-20(28)26-17-33-4-2)27-21(29)15-25-23(31)34-16-18-9-6-5-7-10-18/h3-7,9-10,19H,1-2,8,11-17H2,(H,24,30)(H,25,31)(H,26,28)(H,27,29). The maximum atomic E-state index is 12.5. The maximum absolute atomic E-state index is 12.5. The summed E-state index contributed by atoms with van der Waals surface area (Å²) in [7, 11) is 0. The van der Waals surface area contributed by atoms with Crippen LogP contribution in [0.3, 0.4) is 0 Å². The van der Waals surface area contributed by atoms with Gasteiger partial charge in [0.2, 0.25) is 17.7 Å². The zero-order chi connectivity index (χ0) is 25.0. The largest absolute Gasteiger partial charge is 0.502 e. The molecule has 1 aromatic rings. The number of carbonyl (C=O) groups is 4. The van der Waals surface area contributed by atoms with Gasteiger partial charge >= 0.3 is 6.09 Å². The third kappa shape index (κ3) is 13.4. The summed E-state index contributed by atoms with van der Waals surface area (Å²) in [5.41, 5.74) is 0.800. The topological polar surface area (TPSA) is 144 Å². The Morgan fingerprint density at radius 3 is 2.38 bits per heavy atom.